The van der Waals surface area contributed by atoms with Gasteiger partial charge in [0.25, 0.3) is 0 Å². The molecule has 3 aromatic rings. The van der Waals surface area contributed by atoms with E-state index in [0.717, 1.165) is 28.6 Å². The van der Waals surface area contributed by atoms with Gasteiger partial charge in [-0.3, -0.25) is 4.98 Å². The van der Waals surface area contributed by atoms with Crippen LogP contribution in [0.4, 0.5) is 20.2 Å². The number of aromatic nitrogens is 1. The van der Waals surface area contributed by atoms with Gasteiger partial charge in [0.15, 0.2) is 11.6 Å². The number of halogens is 3. The third-order valence-electron chi connectivity index (χ3n) is 3.33. The van der Waals surface area contributed by atoms with E-state index < -0.39 is 11.6 Å². The summed E-state index contributed by atoms with van der Waals surface area (Å²) in [5.41, 5.74) is 2.96. The highest BCUT2D eigenvalue weighted by Crippen LogP contribution is 2.29. The Bertz CT molecular complexity index is 920. The maximum absolute atomic E-state index is 13.4. The van der Waals surface area contributed by atoms with Gasteiger partial charge in [-0.2, -0.15) is 5.26 Å². The molecule has 0 saturated heterocycles. The normalized spacial score (nSPS) is 10.0. The molecule has 0 aliphatic carbocycles. The molecule has 0 aliphatic heterocycles. The SMILES string of the molecule is Cc1ccc2ncc(C#N)c(Nc3ccc(F)c(F)c3)c2c1.Cl. The summed E-state index contributed by atoms with van der Waals surface area (Å²) in [7, 11) is 0. The van der Waals surface area contributed by atoms with Crippen LogP contribution in [0.25, 0.3) is 10.9 Å². The molecule has 0 spiro atoms. The van der Waals surface area contributed by atoms with Crippen LogP contribution in [0.3, 0.4) is 0 Å². The zero-order chi connectivity index (χ0) is 15.7. The van der Waals surface area contributed by atoms with Gasteiger partial charge in [0.05, 0.1) is 16.8 Å². The molecule has 116 valence electrons. The number of hydrogen-bond acceptors (Lipinski definition) is 3. The van der Waals surface area contributed by atoms with Crippen LogP contribution in [0.2, 0.25) is 0 Å². The largest absolute Gasteiger partial charge is 0.354 e. The van der Waals surface area contributed by atoms with Crippen molar-refractivity contribution >= 4 is 34.7 Å². The lowest BCUT2D eigenvalue weighted by Crippen LogP contribution is -1.98. The van der Waals surface area contributed by atoms with Gasteiger partial charge < -0.3 is 5.32 Å². The number of nitriles is 1. The smallest absolute Gasteiger partial charge is 0.160 e. The van der Waals surface area contributed by atoms with Crippen LogP contribution < -0.4 is 5.32 Å². The Labute approximate surface area is 138 Å². The van der Waals surface area contributed by atoms with Crippen molar-refractivity contribution in [3.8, 4) is 6.07 Å². The fourth-order valence-corrected chi connectivity index (χ4v) is 2.24. The van der Waals surface area contributed by atoms with Crippen molar-refractivity contribution in [2.24, 2.45) is 0 Å². The van der Waals surface area contributed by atoms with Crippen LogP contribution in [0.1, 0.15) is 11.1 Å². The summed E-state index contributed by atoms with van der Waals surface area (Å²) in [5, 5.41) is 13.0. The number of hydrogen-bond donors (Lipinski definition) is 1. The molecule has 3 rings (SSSR count). The number of rotatable bonds is 2. The van der Waals surface area contributed by atoms with Gasteiger partial charge in [0, 0.05) is 23.3 Å². The highest BCUT2D eigenvalue weighted by atomic mass is 35.5. The van der Waals surface area contributed by atoms with E-state index in [1.807, 2.05) is 25.1 Å². The summed E-state index contributed by atoms with van der Waals surface area (Å²) in [6, 6.07) is 11.2. The molecule has 0 bridgehead atoms. The third kappa shape index (κ3) is 3.22. The van der Waals surface area contributed by atoms with E-state index >= 15 is 0 Å². The van der Waals surface area contributed by atoms with Crippen molar-refractivity contribution in [1.82, 2.24) is 4.98 Å². The lowest BCUT2D eigenvalue weighted by molar-refractivity contribution is 0.509. The molecule has 0 amide bonds. The van der Waals surface area contributed by atoms with Gasteiger partial charge in [0.2, 0.25) is 0 Å². The zero-order valence-corrected chi connectivity index (χ0v) is 12.9. The predicted molar refractivity (Wildman–Crippen MR) is 88.1 cm³/mol. The van der Waals surface area contributed by atoms with E-state index in [4.69, 9.17) is 0 Å². The first kappa shape index (κ1) is 16.7. The number of benzene rings is 2. The predicted octanol–water partition coefficient (Wildman–Crippen LogP) is 4.86. The number of anilines is 2. The molecule has 1 aromatic heterocycles. The van der Waals surface area contributed by atoms with Crippen molar-refractivity contribution in [2.45, 2.75) is 6.92 Å². The van der Waals surface area contributed by atoms with Gasteiger partial charge in [-0.05, 0) is 31.2 Å². The van der Waals surface area contributed by atoms with Crippen LogP contribution in [0.5, 0.6) is 0 Å². The Hall–Kier alpha value is -2.71. The molecule has 0 unspecified atom stereocenters. The Kier molecular flexibility index (Phi) is 4.77. The average molecular weight is 332 g/mol. The number of nitrogens with zero attached hydrogens (tertiary/aromatic N) is 2. The summed E-state index contributed by atoms with van der Waals surface area (Å²) < 4.78 is 26.4. The summed E-state index contributed by atoms with van der Waals surface area (Å²) in [5.74, 6) is -1.86. The molecule has 6 heteroatoms. The van der Waals surface area contributed by atoms with Crippen LogP contribution in [-0.2, 0) is 0 Å². The molecule has 0 saturated carbocycles. The van der Waals surface area contributed by atoms with Crippen LogP contribution in [0.15, 0.2) is 42.6 Å². The molecule has 1 N–H and O–H groups in total. The number of fused-ring (bicyclic) bond motifs is 1. The van der Waals surface area contributed by atoms with Gasteiger partial charge >= 0.3 is 0 Å². The Morgan fingerprint density at radius 2 is 1.87 bits per heavy atom. The number of nitrogens with one attached hydrogen (secondary N) is 1. The van der Waals surface area contributed by atoms with Crippen molar-refractivity contribution < 1.29 is 8.78 Å². The summed E-state index contributed by atoms with van der Waals surface area (Å²) in [6.45, 7) is 1.93. The topological polar surface area (TPSA) is 48.7 Å². The zero-order valence-electron chi connectivity index (χ0n) is 12.1. The maximum atomic E-state index is 13.4. The second-order valence-electron chi connectivity index (χ2n) is 4.93. The minimum absolute atomic E-state index is 0. The Balaban J connectivity index is 0.00000192. The average Bonchev–Trinajstić information content (AvgIpc) is 2.51. The Morgan fingerprint density at radius 1 is 1.09 bits per heavy atom. The lowest BCUT2D eigenvalue weighted by Gasteiger charge is -2.12. The highest BCUT2D eigenvalue weighted by molar-refractivity contribution is 5.96. The van der Waals surface area contributed by atoms with E-state index in [1.54, 1.807) is 0 Å². The minimum atomic E-state index is -0.946. The van der Waals surface area contributed by atoms with Crippen molar-refractivity contribution in [2.75, 3.05) is 5.32 Å². The van der Waals surface area contributed by atoms with Crippen molar-refractivity contribution in [3.05, 3.63) is 65.4 Å². The number of aryl methyl sites for hydroxylation is 1. The summed E-state index contributed by atoms with van der Waals surface area (Å²) in [4.78, 5) is 4.23. The van der Waals surface area contributed by atoms with Gasteiger partial charge in [-0.15, -0.1) is 12.4 Å². The number of pyridine rings is 1. The second kappa shape index (κ2) is 6.59. The molecular weight excluding hydrogens is 320 g/mol. The molecular formula is C17H12ClF2N3. The van der Waals surface area contributed by atoms with Crippen LogP contribution in [-0.4, -0.2) is 4.98 Å². The lowest BCUT2D eigenvalue weighted by atomic mass is 10.1. The van der Waals surface area contributed by atoms with Gasteiger partial charge in [-0.1, -0.05) is 11.6 Å². The van der Waals surface area contributed by atoms with Gasteiger partial charge in [0.1, 0.15) is 6.07 Å². The minimum Gasteiger partial charge on any atom is -0.354 e. The highest BCUT2D eigenvalue weighted by Gasteiger charge is 2.11. The molecule has 1 heterocycles. The van der Waals surface area contributed by atoms with Crippen molar-refractivity contribution in [3.63, 3.8) is 0 Å². The molecule has 0 radical (unpaired) electrons. The van der Waals surface area contributed by atoms with Crippen LogP contribution >= 0.6 is 12.4 Å². The quantitative estimate of drug-likeness (QED) is 0.729. The third-order valence-corrected chi connectivity index (χ3v) is 3.33. The van der Waals surface area contributed by atoms with Crippen molar-refractivity contribution in [1.29, 1.82) is 5.26 Å². The standard InChI is InChI=1S/C17H11F2N3.ClH/c1-10-2-5-16-13(6-10)17(11(8-20)9-21-16)22-12-3-4-14(18)15(19)7-12;/h2-7,9H,1H3,(H,21,22);1H. The van der Waals surface area contributed by atoms with E-state index in [9.17, 15) is 14.0 Å². The van der Waals surface area contributed by atoms with Crippen LogP contribution in [0, 0.1) is 29.9 Å². The second-order valence-corrected chi connectivity index (χ2v) is 4.93. The van der Waals surface area contributed by atoms with E-state index in [-0.39, 0.29) is 12.4 Å². The molecule has 2 aromatic carbocycles. The molecule has 0 aliphatic rings. The molecule has 3 nitrogen and oxygen atoms in total. The monoisotopic (exact) mass is 331 g/mol. The van der Waals surface area contributed by atoms with Gasteiger partial charge in [-0.25, -0.2) is 8.78 Å². The molecule has 0 atom stereocenters. The summed E-state index contributed by atoms with van der Waals surface area (Å²) >= 11 is 0. The van der Waals surface area contributed by atoms with E-state index in [1.165, 1.54) is 12.3 Å². The Morgan fingerprint density at radius 3 is 2.57 bits per heavy atom. The first-order chi connectivity index (χ1) is 10.6. The molecule has 0 fully saturated rings. The van der Waals surface area contributed by atoms with E-state index in [0.29, 0.717) is 16.9 Å². The van der Waals surface area contributed by atoms with E-state index in [2.05, 4.69) is 16.4 Å². The maximum Gasteiger partial charge on any atom is 0.160 e. The summed E-state index contributed by atoms with van der Waals surface area (Å²) in [6.07, 6.45) is 1.46. The fraction of sp³-hybridized carbons (Fsp3) is 0.0588. The first-order valence-corrected chi connectivity index (χ1v) is 6.60. The fourth-order valence-electron chi connectivity index (χ4n) is 2.24. The molecule has 23 heavy (non-hydrogen) atoms. The first-order valence-electron chi connectivity index (χ1n) is 6.60.